The number of nitrogens with one attached hydrogen (secondary N) is 3. The summed E-state index contributed by atoms with van der Waals surface area (Å²) in [4.78, 5) is 15.6. The largest absolute Gasteiger partial charge is 0.413 e. The Morgan fingerprint density at radius 1 is 0.972 bits per heavy atom. The minimum Gasteiger partial charge on any atom is -0.393 e. The number of aromatic nitrogens is 1. The van der Waals surface area contributed by atoms with Gasteiger partial charge < -0.3 is 15.0 Å². The third kappa shape index (κ3) is 5.54. The lowest BCUT2D eigenvalue weighted by Crippen LogP contribution is -2.27. The first kappa shape index (κ1) is 25.3. The van der Waals surface area contributed by atoms with E-state index in [1.165, 1.54) is 0 Å². The van der Waals surface area contributed by atoms with Crippen LogP contribution in [0.4, 0.5) is 10.5 Å². The SMILES string of the molecule is CCCNC(=O)Oc1[nH]c2ccc(NS(=O)(=O)c3ccc(C(C)(C)C)cc3)cc2c1-c1ccccc1. The zero-order valence-corrected chi connectivity index (χ0v) is 21.7. The van der Waals surface area contributed by atoms with Gasteiger partial charge in [0, 0.05) is 23.1 Å². The van der Waals surface area contributed by atoms with Crippen molar-refractivity contribution < 1.29 is 17.9 Å². The van der Waals surface area contributed by atoms with E-state index in [2.05, 4.69) is 35.8 Å². The summed E-state index contributed by atoms with van der Waals surface area (Å²) in [5.41, 5.74) is 3.60. The Kier molecular flexibility index (Phi) is 7.08. The summed E-state index contributed by atoms with van der Waals surface area (Å²) in [6.07, 6.45) is 0.232. The molecule has 8 heteroatoms. The van der Waals surface area contributed by atoms with Crippen LogP contribution < -0.4 is 14.8 Å². The number of sulfonamides is 1. The van der Waals surface area contributed by atoms with Crippen molar-refractivity contribution in [3.05, 3.63) is 78.4 Å². The first-order valence-electron chi connectivity index (χ1n) is 11.9. The Morgan fingerprint density at radius 3 is 2.31 bits per heavy atom. The Morgan fingerprint density at radius 2 is 1.67 bits per heavy atom. The van der Waals surface area contributed by atoms with E-state index in [-0.39, 0.29) is 10.3 Å². The average Bonchev–Trinajstić information content (AvgIpc) is 3.19. The molecule has 3 aromatic carbocycles. The molecule has 1 heterocycles. The van der Waals surface area contributed by atoms with Crippen LogP contribution in [0.1, 0.15) is 39.7 Å². The second kappa shape index (κ2) is 10.1. The predicted molar refractivity (Wildman–Crippen MR) is 144 cm³/mol. The molecule has 0 fully saturated rings. The van der Waals surface area contributed by atoms with Crippen molar-refractivity contribution in [1.82, 2.24) is 10.3 Å². The topological polar surface area (TPSA) is 100 Å². The average molecular weight is 506 g/mol. The van der Waals surface area contributed by atoms with Crippen LogP contribution in [-0.4, -0.2) is 26.0 Å². The van der Waals surface area contributed by atoms with Gasteiger partial charge in [-0.15, -0.1) is 0 Å². The fourth-order valence-electron chi connectivity index (χ4n) is 3.90. The Bertz CT molecular complexity index is 1470. The van der Waals surface area contributed by atoms with Crippen molar-refractivity contribution in [2.24, 2.45) is 0 Å². The summed E-state index contributed by atoms with van der Waals surface area (Å²) in [5.74, 6) is 0.294. The van der Waals surface area contributed by atoms with Crippen molar-refractivity contribution >= 4 is 32.7 Å². The van der Waals surface area contributed by atoms with Gasteiger partial charge in [0.2, 0.25) is 5.88 Å². The number of benzene rings is 3. The summed E-state index contributed by atoms with van der Waals surface area (Å²) in [5, 5.41) is 3.43. The number of carbonyl (C=O) groups is 1. The van der Waals surface area contributed by atoms with Crippen LogP contribution in [0.5, 0.6) is 5.88 Å². The monoisotopic (exact) mass is 505 g/mol. The molecule has 4 rings (SSSR count). The minimum absolute atomic E-state index is 0.0733. The van der Waals surface area contributed by atoms with E-state index >= 15 is 0 Å². The number of H-pyrrole nitrogens is 1. The molecule has 4 aromatic rings. The van der Waals surface area contributed by atoms with Crippen LogP contribution in [0.3, 0.4) is 0 Å². The quantitative estimate of drug-likeness (QED) is 0.269. The zero-order chi connectivity index (χ0) is 25.9. The highest BCUT2D eigenvalue weighted by Crippen LogP contribution is 2.39. The standard InChI is InChI=1S/C28H31N3O4S/c1-5-17-29-27(32)35-26-25(19-9-7-6-8-10-19)23-18-21(13-16-24(23)30-26)31-36(33,34)22-14-11-20(12-15-22)28(2,3)4/h6-16,18,30-31H,5,17H2,1-4H3,(H,29,32). The van der Waals surface area contributed by atoms with Crippen LogP contribution in [-0.2, 0) is 15.4 Å². The highest BCUT2D eigenvalue weighted by molar-refractivity contribution is 7.92. The number of hydrogen-bond donors (Lipinski definition) is 3. The molecule has 0 aliphatic carbocycles. The number of rotatable bonds is 7. The van der Waals surface area contributed by atoms with Gasteiger partial charge in [0.15, 0.2) is 0 Å². The van der Waals surface area contributed by atoms with E-state index in [0.29, 0.717) is 29.2 Å². The summed E-state index contributed by atoms with van der Waals surface area (Å²) in [7, 11) is -3.80. The van der Waals surface area contributed by atoms with Gasteiger partial charge in [0.05, 0.1) is 10.5 Å². The smallest absolute Gasteiger partial charge is 0.393 e. The highest BCUT2D eigenvalue weighted by atomic mass is 32.2. The fraction of sp³-hybridized carbons (Fsp3) is 0.250. The van der Waals surface area contributed by atoms with E-state index < -0.39 is 16.1 Å². The van der Waals surface area contributed by atoms with Gasteiger partial charge in [-0.3, -0.25) is 4.72 Å². The second-order valence-corrected chi connectivity index (χ2v) is 11.3. The number of amides is 1. The van der Waals surface area contributed by atoms with Gasteiger partial charge in [0.25, 0.3) is 10.0 Å². The molecule has 36 heavy (non-hydrogen) atoms. The lowest BCUT2D eigenvalue weighted by molar-refractivity contribution is 0.199. The van der Waals surface area contributed by atoms with Crippen molar-refractivity contribution in [3.8, 4) is 17.0 Å². The third-order valence-corrected chi connectivity index (χ3v) is 7.22. The molecule has 188 valence electrons. The molecule has 7 nitrogen and oxygen atoms in total. The molecule has 1 aromatic heterocycles. The van der Waals surface area contributed by atoms with E-state index in [9.17, 15) is 13.2 Å². The molecule has 0 radical (unpaired) electrons. The number of aromatic amines is 1. The Labute approximate surface area is 211 Å². The van der Waals surface area contributed by atoms with Crippen molar-refractivity contribution in [3.63, 3.8) is 0 Å². The number of carbonyl (C=O) groups excluding carboxylic acids is 1. The van der Waals surface area contributed by atoms with Crippen molar-refractivity contribution in [2.45, 2.75) is 44.4 Å². The number of fused-ring (bicyclic) bond motifs is 1. The van der Waals surface area contributed by atoms with E-state index in [4.69, 9.17) is 4.74 Å². The molecule has 0 aliphatic rings. The maximum absolute atomic E-state index is 13.1. The van der Waals surface area contributed by atoms with Gasteiger partial charge in [-0.05, 0) is 53.3 Å². The summed E-state index contributed by atoms with van der Waals surface area (Å²) >= 11 is 0. The highest BCUT2D eigenvalue weighted by Gasteiger charge is 2.21. The molecule has 0 saturated heterocycles. The van der Waals surface area contributed by atoms with Crippen molar-refractivity contribution in [1.29, 1.82) is 0 Å². The van der Waals surface area contributed by atoms with Crippen LogP contribution in [0.2, 0.25) is 0 Å². The van der Waals surface area contributed by atoms with Crippen LogP contribution >= 0.6 is 0 Å². The Balaban J connectivity index is 1.70. The lowest BCUT2D eigenvalue weighted by Gasteiger charge is -2.19. The van der Waals surface area contributed by atoms with Gasteiger partial charge in [-0.25, -0.2) is 13.2 Å². The van der Waals surface area contributed by atoms with Gasteiger partial charge in [0.1, 0.15) is 0 Å². The van der Waals surface area contributed by atoms with E-state index in [1.54, 1.807) is 30.3 Å². The number of ether oxygens (including phenoxy) is 1. The number of hydrogen-bond acceptors (Lipinski definition) is 4. The first-order valence-corrected chi connectivity index (χ1v) is 13.4. The molecule has 0 bridgehead atoms. The van der Waals surface area contributed by atoms with Gasteiger partial charge >= 0.3 is 6.09 Å². The maximum Gasteiger partial charge on any atom is 0.413 e. The zero-order valence-electron chi connectivity index (χ0n) is 20.9. The predicted octanol–water partition coefficient (Wildman–Crippen LogP) is 6.43. The fourth-order valence-corrected chi connectivity index (χ4v) is 4.95. The summed E-state index contributed by atoms with van der Waals surface area (Å²) in [6, 6.07) is 21.6. The maximum atomic E-state index is 13.1. The molecule has 3 N–H and O–H groups in total. The van der Waals surface area contributed by atoms with Crippen molar-refractivity contribution in [2.75, 3.05) is 11.3 Å². The molecule has 0 aliphatic heterocycles. The minimum atomic E-state index is -3.80. The number of anilines is 1. The van der Waals surface area contributed by atoms with Crippen LogP contribution in [0.15, 0.2) is 77.7 Å². The molecule has 0 unspecified atom stereocenters. The molecular formula is C28H31N3O4S. The van der Waals surface area contributed by atoms with E-state index in [1.807, 2.05) is 49.4 Å². The summed E-state index contributed by atoms with van der Waals surface area (Å²) in [6.45, 7) is 8.70. The molecule has 0 spiro atoms. The second-order valence-electron chi connectivity index (χ2n) is 9.65. The molecule has 0 atom stereocenters. The Hall–Kier alpha value is -3.78. The normalized spacial score (nSPS) is 11.9. The van der Waals surface area contributed by atoms with Crippen LogP contribution in [0.25, 0.3) is 22.0 Å². The third-order valence-electron chi connectivity index (χ3n) is 5.82. The molecule has 0 saturated carbocycles. The molecular weight excluding hydrogens is 474 g/mol. The van der Waals surface area contributed by atoms with Gasteiger partial charge in [-0.2, -0.15) is 0 Å². The van der Waals surface area contributed by atoms with Gasteiger partial charge in [-0.1, -0.05) is 70.2 Å². The molecule has 1 amide bonds. The lowest BCUT2D eigenvalue weighted by atomic mass is 9.87. The first-order chi connectivity index (χ1) is 17.1. The summed E-state index contributed by atoms with van der Waals surface area (Å²) < 4.78 is 34.5. The van der Waals surface area contributed by atoms with Crippen LogP contribution in [0, 0.1) is 0 Å². The van der Waals surface area contributed by atoms with E-state index in [0.717, 1.165) is 22.9 Å².